The molecule has 0 saturated carbocycles. The molecule has 0 spiro atoms. The van der Waals surface area contributed by atoms with Gasteiger partial charge in [0.2, 0.25) is 0 Å². The minimum absolute atomic E-state index is 0.288. The molecule has 0 radical (unpaired) electrons. The van der Waals surface area contributed by atoms with Crippen molar-refractivity contribution in [1.29, 1.82) is 0 Å². The van der Waals surface area contributed by atoms with Crippen molar-refractivity contribution in [2.45, 2.75) is 45.4 Å². The van der Waals surface area contributed by atoms with Gasteiger partial charge in [0, 0.05) is 5.38 Å². The SMILES string of the molecule is CC(C)C(CCCc1ccccc1)C(C)Cl. The summed E-state index contributed by atoms with van der Waals surface area (Å²) in [4.78, 5) is 0. The van der Waals surface area contributed by atoms with Gasteiger partial charge in [0.25, 0.3) is 0 Å². The highest BCUT2D eigenvalue weighted by Crippen LogP contribution is 2.25. The maximum Gasteiger partial charge on any atom is 0.0338 e. The first kappa shape index (κ1) is 13.6. The van der Waals surface area contributed by atoms with Crippen molar-refractivity contribution >= 4 is 11.6 Å². The Bertz CT molecular complexity index is 269. The van der Waals surface area contributed by atoms with E-state index < -0.39 is 0 Å². The molecule has 0 bridgehead atoms. The zero-order valence-electron chi connectivity index (χ0n) is 10.6. The summed E-state index contributed by atoms with van der Waals surface area (Å²) in [6, 6.07) is 10.7. The third-order valence-corrected chi connectivity index (χ3v) is 3.62. The molecule has 2 unspecified atom stereocenters. The van der Waals surface area contributed by atoms with Crippen molar-refractivity contribution in [2.24, 2.45) is 11.8 Å². The molecule has 0 fully saturated rings. The quantitative estimate of drug-likeness (QED) is 0.618. The number of aryl methyl sites for hydroxylation is 1. The number of hydrogen-bond acceptors (Lipinski definition) is 0. The Morgan fingerprint density at radius 3 is 2.19 bits per heavy atom. The van der Waals surface area contributed by atoms with Gasteiger partial charge in [-0.25, -0.2) is 0 Å². The predicted molar refractivity (Wildman–Crippen MR) is 73.0 cm³/mol. The Morgan fingerprint density at radius 1 is 1.06 bits per heavy atom. The van der Waals surface area contributed by atoms with Crippen LogP contribution < -0.4 is 0 Å². The fourth-order valence-corrected chi connectivity index (χ4v) is 2.70. The summed E-state index contributed by atoms with van der Waals surface area (Å²) in [5.41, 5.74) is 1.44. The molecule has 0 aliphatic heterocycles. The van der Waals surface area contributed by atoms with E-state index in [-0.39, 0.29) is 5.38 Å². The summed E-state index contributed by atoms with van der Waals surface area (Å²) < 4.78 is 0. The summed E-state index contributed by atoms with van der Waals surface area (Å²) in [7, 11) is 0. The molecule has 1 aromatic carbocycles. The van der Waals surface area contributed by atoms with Gasteiger partial charge in [-0.2, -0.15) is 0 Å². The van der Waals surface area contributed by atoms with E-state index in [0.29, 0.717) is 11.8 Å². The van der Waals surface area contributed by atoms with E-state index in [2.05, 4.69) is 51.1 Å². The van der Waals surface area contributed by atoms with E-state index in [1.54, 1.807) is 0 Å². The van der Waals surface area contributed by atoms with Gasteiger partial charge in [-0.05, 0) is 43.6 Å². The normalized spacial score (nSPS) is 15.1. The molecule has 1 aromatic rings. The van der Waals surface area contributed by atoms with Crippen LogP contribution in [0.15, 0.2) is 30.3 Å². The average Bonchev–Trinajstić information content (AvgIpc) is 2.24. The molecule has 90 valence electrons. The molecular formula is C15H23Cl. The second-order valence-corrected chi connectivity index (χ2v) is 5.65. The Morgan fingerprint density at radius 2 is 1.69 bits per heavy atom. The Hall–Kier alpha value is -0.490. The molecule has 1 heteroatoms. The number of halogens is 1. The maximum absolute atomic E-state index is 6.22. The zero-order valence-corrected chi connectivity index (χ0v) is 11.4. The lowest BCUT2D eigenvalue weighted by Crippen LogP contribution is -2.18. The van der Waals surface area contributed by atoms with Crippen molar-refractivity contribution in [3.05, 3.63) is 35.9 Å². The lowest BCUT2D eigenvalue weighted by molar-refractivity contribution is 0.346. The van der Waals surface area contributed by atoms with Gasteiger partial charge < -0.3 is 0 Å². The van der Waals surface area contributed by atoms with E-state index in [4.69, 9.17) is 11.6 Å². The largest absolute Gasteiger partial charge is 0.123 e. The summed E-state index contributed by atoms with van der Waals surface area (Å²) in [6.07, 6.45) is 3.65. The van der Waals surface area contributed by atoms with Crippen LogP contribution in [0, 0.1) is 11.8 Å². The minimum atomic E-state index is 0.288. The highest BCUT2D eigenvalue weighted by atomic mass is 35.5. The van der Waals surface area contributed by atoms with Gasteiger partial charge in [0.1, 0.15) is 0 Å². The smallest absolute Gasteiger partial charge is 0.0338 e. The second kappa shape index (κ2) is 6.96. The minimum Gasteiger partial charge on any atom is -0.123 e. The van der Waals surface area contributed by atoms with Crippen LogP contribution in [-0.4, -0.2) is 5.38 Å². The monoisotopic (exact) mass is 238 g/mol. The van der Waals surface area contributed by atoms with Gasteiger partial charge in [-0.3, -0.25) is 0 Å². The van der Waals surface area contributed by atoms with Crippen molar-refractivity contribution in [1.82, 2.24) is 0 Å². The van der Waals surface area contributed by atoms with Gasteiger partial charge in [-0.15, -0.1) is 11.6 Å². The first-order valence-corrected chi connectivity index (χ1v) is 6.73. The number of alkyl halides is 1. The molecule has 2 atom stereocenters. The van der Waals surface area contributed by atoms with Gasteiger partial charge in [0.15, 0.2) is 0 Å². The van der Waals surface area contributed by atoms with Crippen molar-refractivity contribution in [3.8, 4) is 0 Å². The van der Waals surface area contributed by atoms with Crippen LogP contribution in [0.2, 0.25) is 0 Å². The standard InChI is InChI=1S/C15H23Cl/c1-12(2)15(13(3)16)11-7-10-14-8-5-4-6-9-14/h4-6,8-9,12-13,15H,7,10-11H2,1-3H3. The predicted octanol–water partition coefficient (Wildman–Crippen LogP) is 4.91. The summed E-state index contributed by atoms with van der Waals surface area (Å²) >= 11 is 6.22. The molecule has 0 amide bonds. The topological polar surface area (TPSA) is 0 Å². The molecule has 0 saturated heterocycles. The third-order valence-electron chi connectivity index (χ3n) is 3.29. The van der Waals surface area contributed by atoms with Crippen LogP contribution in [0.3, 0.4) is 0 Å². The molecule has 0 N–H and O–H groups in total. The summed E-state index contributed by atoms with van der Waals surface area (Å²) in [6.45, 7) is 6.66. The van der Waals surface area contributed by atoms with Crippen LogP contribution in [0.25, 0.3) is 0 Å². The molecule has 0 nitrogen and oxygen atoms in total. The van der Waals surface area contributed by atoms with Crippen LogP contribution in [0.4, 0.5) is 0 Å². The third kappa shape index (κ3) is 4.57. The fraction of sp³-hybridized carbons (Fsp3) is 0.600. The first-order chi connectivity index (χ1) is 7.61. The van der Waals surface area contributed by atoms with Gasteiger partial charge in [0.05, 0.1) is 0 Å². The van der Waals surface area contributed by atoms with Crippen LogP contribution in [0.1, 0.15) is 39.2 Å². The van der Waals surface area contributed by atoms with Crippen LogP contribution in [0.5, 0.6) is 0 Å². The lowest BCUT2D eigenvalue weighted by atomic mass is 9.87. The lowest BCUT2D eigenvalue weighted by Gasteiger charge is -2.23. The molecule has 1 rings (SSSR count). The van der Waals surface area contributed by atoms with Crippen molar-refractivity contribution in [2.75, 3.05) is 0 Å². The van der Waals surface area contributed by atoms with E-state index in [1.807, 2.05) is 0 Å². The highest BCUT2D eigenvalue weighted by molar-refractivity contribution is 6.20. The van der Waals surface area contributed by atoms with Crippen LogP contribution >= 0.6 is 11.6 Å². The molecule has 0 heterocycles. The average molecular weight is 239 g/mol. The number of hydrogen-bond donors (Lipinski definition) is 0. The molecule has 0 aliphatic carbocycles. The maximum atomic E-state index is 6.22. The molecule has 0 aliphatic rings. The Labute approximate surface area is 105 Å². The van der Waals surface area contributed by atoms with Gasteiger partial charge in [-0.1, -0.05) is 44.2 Å². The number of benzene rings is 1. The fourth-order valence-electron chi connectivity index (χ4n) is 2.28. The zero-order chi connectivity index (χ0) is 12.0. The highest BCUT2D eigenvalue weighted by Gasteiger charge is 2.18. The van der Waals surface area contributed by atoms with Crippen molar-refractivity contribution < 1.29 is 0 Å². The van der Waals surface area contributed by atoms with E-state index in [0.717, 1.165) is 0 Å². The molecular weight excluding hydrogens is 216 g/mol. The Balaban J connectivity index is 2.34. The van der Waals surface area contributed by atoms with E-state index in [9.17, 15) is 0 Å². The van der Waals surface area contributed by atoms with E-state index in [1.165, 1.54) is 24.8 Å². The second-order valence-electron chi connectivity index (χ2n) is 4.96. The van der Waals surface area contributed by atoms with Gasteiger partial charge >= 0.3 is 0 Å². The van der Waals surface area contributed by atoms with E-state index >= 15 is 0 Å². The Kier molecular flexibility index (Phi) is 5.90. The summed E-state index contributed by atoms with van der Waals surface area (Å²) in [5, 5.41) is 0.288. The molecule has 0 aromatic heterocycles. The number of rotatable bonds is 6. The summed E-state index contributed by atoms with van der Waals surface area (Å²) in [5.74, 6) is 1.33. The van der Waals surface area contributed by atoms with Crippen LogP contribution in [-0.2, 0) is 6.42 Å². The molecule has 16 heavy (non-hydrogen) atoms. The first-order valence-electron chi connectivity index (χ1n) is 6.29. The van der Waals surface area contributed by atoms with Crippen molar-refractivity contribution in [3.63, 3.8) is 0 Å².